The number of alkyl halides is 3. The molecular formula is C22H22F3NO2. The van der Waals surface area contributed by atoms with Crippen LogP contribution < -0.4 is 14.8 Å². The van der Waals surface area contributed by atoms with Gasteiger partial charge in [0.15, 0.2) is 6.23 Å². The van der Waals surface area contributed by atoms with Gasteiger partial charge < -0.3 is 14.8 Å². The molecule has 3 aromatic rings. The van der Waals surface area contributed by atoms with Crippen LogP contribution in [0.15, 0.2) is 66.7 Å². The minimum absolute atomic E-state index is 0.267. The zero-order valence-corrected chi connectivity index (χ0v) is 15.5. The van der Waals surface area contributed by atoms with Gasteiger partial charge in [-0.2, -0.15) is 0 Å². The molecule has 6 heteroatoms. The van der Waals surface area contributed by atoms with Crippen LogP contribution in [0, 0.1) is 0 Å². The van der Waals surface area contributed by atoms with Gasteiger partial charge in [-0.25, -0.2) is 0 Å². The second-order valence-corrected chi connectivity index (χ2v) is 6.45. The van der Waals surface area contributed by atoms with E-state index in [1.54, 1.807) is 6.07 Å². The Morgan fingerprint density at radius 3 is 2.50 bits per heavy atom. The zero-order chi connectivity index (χ0) is 20.0. The summed E-state index contributed by atoms with van der Waals surface area (Å²) in [6.07, 6.45) is -2.49. The van der Waals surface area contributed by atoms with Gasteiger partial charge in [0.1, 0.15) is 11.5 Å². The van der Waals surface area contributed by atoms with Crippen molar-refractivity contribution in [1.29, 1.82) is 0 Å². The molecule has 0 amide bonds. The highest BCUT2D eigenvalue weighted by Crippen LogP contribution is 2.29. The standard InChI is InChI=1S/C22H22F3NO2/c1-2-3-14-21(26-17-10-7-11-18(15-17)28-22(23,24)25)27-20-13-6-9-16-8-4-5-12-19(16)20/h4-13,15,21,26H,2-3,14H2,1H3. The molecular weight excluding hydrogens is 367 g/mol. The lowest BCUT2D eigenvalue weighted by Gasteiger charge is -2.23. The lowest BCUT2D eigenvalue weighted by molar-refractivity contribution is -0.274. The first-order valence-electron chi connectivity index (χ1n) is 9.21. The van der Waals surface area contributed by atoms with E-state index in [9.17, 15) is 13.2 Å². The Morgan fingerprint density at radius 2 is 1.71 bits per heavy atom. The molecule has 1 N–H and O–H groups in total. The van der Waals surface area contributed by atoms with Crippen LogP contribution >= 0.6 is 0 Å². The maximum atomic E-state index is 12.5. The van der Waals surface area contributed by atoms with E-state index in [2.05, 4.69) is 17.0 Å². The fraction of sp³-hybridized carbons (Fsp3) is 0.273. The van der Waals surface area contributed by atoms with Crippen molar-refractivity contribution < 1.29 is 22.6 Å². The average molecular weight is 389 g/mol. The van der Waals surface area contributed by atoms with Crippen molar-refractivity contribution in [2.45, 2.75) is 38.8 Å². The molecule has 3 nitrogen and oxygen atoms in total. The molecule has 0 radical (unpaired) electrons. The smallest absolute Gasteiger partial charge is 0.470 e. The minimum Gasteiger partial charge on any atom is -0.470 e. The molecule has 0 aromatic heterocycles. The Balaban J connectivity index is 1.80. The van der Waals surface area contributed by atoms with Gasteiger partial charge in [0.05, 0.1) is 0 Å². The van der Waals surface area contributed by atoms with E-state index in [4.69, 9.17) is 4.74 Å². The van der Waals surface area contributed by atoms with Crippen LogP contribution in [-0.4, -0.2) is 12.6 Å². The van der Waals surface area contributed by atoms with Crippen molar-refractivity contribution in [2.75, 3.05) is 5.32 Å². The van der Waals surface area contributed by atoms with E-state index in [-0.39, 0.29) is 12.0 Å². The third-order valence-corrected chi connectivity index (χ3v) is 4.23. The summed E-state index contributed by atoms with van der Waals surface area (Å²) in [5, 5.41) is 5.24. The Labute approximate surface area is 162 Å². The molecule has 1 atom stereocenters. The molecule has 0 saturated carbocycles. The molecule has 0 fully saturated rings. The summed E-state index contributed by atoms with van der Waals surface area (Å²) in [7, 11) is 0. The van der Waals surface area contributed by atoms with Gasteiger partial charge in [0.25, 0.3) is 0 Å². The van der Waals surface area contributed by atoms with Gasteiger partial charge in [0.2, 0.25) is 0 Å². The van der Waals surface area contributed by atoms with Crippen LogP contribution in [0.2, 0.25) is 0 Å². The van der Waals surface area contributed by atoms with Crippen molar-refractivity contribution in [3.05, 3.63) is 66.7 Å². The van der Waals surface area contributed by atoms with Gasteiger partial charge in [-0.15, -0.1) is 13.2 Å². The van der Waals surface area contributed by atoms with Crippen molar-refractivity contribution in [1.82, 2.24) is 0 Å². The molecule has 0 bridgehead atoms. The normalized spacial score (nSPS) is 12.6. The molecule has 1 unspecified atom stereocenters. The van der Waals surface area contributed by atoms with E-state index < -0.39 is 6.36 Å². The Bertz CT molecular complexity index is 906. The van der Waals surface area contributed by atoms with Gasteiger partial charge in [-0.05, 0) is 30.0 Å². The first-order chi connectivity index (χ1) is 13.4. The molecule has 3 rings (SSSR count). The van der Waals surface area contributed by atoms with E-state index in [0.29, 0.717) is 12.1 Å². The Hall–Kier alpha value is -2.89. The quantitative estimate of drug-likeness (QED) is 0.433. The van der Waals surface area contributed by atoms with Gasteiger partial charge in [-0.1, -0.05) is 55.8 Å². The number of hydrogen-bond donors (Lipinski definition) is 1. The second kappa shape index (κ2) is 8.87. The Morgan fingerprint density at radius 1 is 0.964 bits per heavy atom. The average Bonchev–Trinajstić information content (AvgIpc) is 2.65. The van der Waals surface area contributed by atoms with E-state index >= 15 is 0 Å². The molecule has 3 aromatic carbocycles. The minimum atomic E-state index is -4.72. The highest BCUT2D eigenvalue weighted by Gasteiger charge is 2.31. The molecule has 0 aliphatic rings. The van der Waals surface area contributed by atoms with Gasteiger partial charge in [0, 0.05) is 23.6 Å². The summed E-state index contributed by atoms with van der Waals surface area (Å²) in [4.78, 5) is 0. The lowest BCUT2D eigenvalue weighted by Crippen LogP contribution is -2.26. The highest BCUT2D eigenvalue weighted by molar-refractivity contribution is 5.88. The van der Waals surface area contributed by atoms with E-state index in [0.717, 1.165) is 29.4 Å². The summed E-state index contributed by atoms with van der Waals surface area (Å²) in [5.41, 5.74) is 0.503. The molecule has 0 aliphatic heterocycles. The van der Waals surface area contributed by atoms with Crippen LogP contribution in [0.5, 0.6) is 11.5 Å². The van der Waals surface area contributed by atoms with Crippen LogP contribution in [0.4, 0.5) is 18.9 Å². The van der Waals surface area contributed by atoms with Crippen LogP contribution in [-0.2, 0) is 0 Å². The summed E-state index contributed by atoms with van der Waals surface area (Å²) < 4.78 is 47.6. The van der Waals surface area contributed by atoms with Crippen molar-refractivity contribution in [3.63, 3.8) is 0 Å². The first kappa shape index (κ1) is 19.9. The van der Waals surface area contributed by atoms with E-state index in [1.807, 2.05) is 42.5 Å². The number of benzene rings is 3. The Kier molecular flexibility index (Phi) is 6.29. The van der Waals surface area contributed by atoms with Crippen molar-refractivity contribution >= 4 is 16.5 Å². The predicted octanol–water partition coefficient (Wildman–Crippen LogP) is 6.75. The van der Waals surface area contributed by atoms with Gasteiger partial charge >= 0.3 is 6.36 Å². The number of ether oxygens (including phenoxy) is 2. The molecule has 148 valence electrons. The van der Waals surface area contributed by atoms with Crippen LogP contribution in [0.1, 0.15) is 26.2 Å². The topological polar surface area (TPSA) is 30.5 Å². The molecule has 0 heterocycles. The number of rotatable bonds is 8. The second-order valence-electron chi connectivity index (χ2n) is 6.45. The van der Waals surface area contributed by atoms with Gasteiger partial charge in [-0.3, -0.25) is 0 Å². The maximum Gasteiger partial charge on any atom is 0.573 e. The lowest BCUT2D eigenvalue weighted by atomic mass is 10.1. The zero-order valence-electron chi connectivity index (χ0n) is 15.5. The van der Waals surface area contributed by atoms with Crippen LogP contribution in [0.3, 0.4) is 0 Å². The summed E-state index contributed by atoms with van der Waals surface area (Å²) >= 11 is 0. The largest absolute Gasteiger partial charge is 0.573 e. The number of hydrogen-bond acceptors (Lipinski definition) is 3. The summed E-state index contributed by atoms with van der Waals surface area (Å²) in [6, 6.07) is 19.5. The number of fused-ring (bicyclic) bond motifs is 1. The van der Waals surface area contributed by atoms with E-state index in [1.165, 1.54) is 18.2 Å². The summed E-state index contributed by atoms with van der Waals surface area (Å²) in [6.45, 7) is 2.08. The fourth-order valence-electron chi connectivity index (χ4n) is 2.97. The molecule has 0 saturated heterocycles. The molecule has 0 aliphatic carbocycles. The third kappa shape index (κ3) is 5.55. The van der Waals surface area contributed by atoms with Crippen molar-refractivity contribution in [2.24, 2.45) is 0 Å². The number of halogens is 3. The summed E-state index contributed by atoms with van der Waals surface area (Å²) in [5.74, 6) is 0.464. The maximum absolute atomic E-state index is 12.5. The van der Waals surface area contributed by atoms with Crippen LogP contribution in [0.25, 0.3) is 10.8 Å². The predicted molar refractivity (Wildman–Crippen MR) is 105 cm³/mol. The number of unbranched alkanes of at least 4 members (excludes halogenated alkanes) is 1. The monoisotopic (exact) mass is 389 g/mol. The third-order valence-electron chi connectivity index (χ3n) is 4.23. The van der Waals surface area contributed by atoms with Crippen molar-refractivity contribution in [3.8, 4) is 11.5 Å². The molecule has 28 heavy (non-hydrogen) atoms. The highest BCUT2D eigenvalue weighted by atomic mass is 19.4. The SMILES string of the molecule is CCCCC(Nc1cccc(OC(F)(F)F)c1)Oc1cccc2ccccc12. The number of nitrogens with one attached hydrogen (secondary N) is 1. The first-order valence-corrected chi connectivity index (χ1v) is 9.21. The number of anilines is 1. The fourth-order valence-corrected chi connectivity index (χ4v) is 2.97. The molecule has 0 spiro atoms.